The zero-order valence-corrected chi connectivity index (χ0v) is 11.9. The van der Waals surface area contributed by atoms with Crippen molar-refractivity contribution in [3.8, 4) is 0 Å². The third kappa shape index (κ3) is 3.03. The molecule has 0 aliphatic carbocycles. The smallest absolute Gasteiger partial charge is 0.253 e. The molecule has 0 aromatic heterocycles. The number of thiocarbonyl (C=S) groups is 1. The monoisotopic (exact) mass is 280 g/mol. The number of thioether (sulfide) groups is 1. The minimum absolute atomic E-state index is 0.0941. The molecule has 2 N–H and O–H groups in total. The molecular weight excluding hydrogens is 264 g/mol. The van der Waals surface area contributed by atoms with E-state index in [9.17, 15) is 4.79 Å². The van der Waals surface area contributed by atoms with Crippen LogP contribution < -0.4 is 5.73 Å². The fraction of sp³-hybridized carbons (Fsp3) is 0.385. The number of hydrogen-bond acceptors (Lipinski definition) is 3. The quantitative estimate of drug-likeness (QED) is 0.841. The molecule has 1 aliphatic rings. The highest BCUT2D eigenvalue weighted by Gasteiger charge is 2.22. The van der Waals surface area contributed by atoms with E-state index in [1.54, 1.807) is 24.3 Å². The summed E-state index contributed by atoms with van der Waals surface area (Å²) >= 11 is 6.80. The van der Waals surface area contributed by atoms with E-state index in [0.29, 0.717) is 15.8 Å². The summed E-state index contributed by atoms with van der Waals surface area (Å²) in [5.74, 6) is 1.11. The van der Waals surface area contributed by atoms with Crippen molar-refractivity contribution in [1.82, 2.24) is 4.90 Å². The molecular formula is C13H16N2OS2. The van der Waals surface area contributed by atoms with Gasteiger partial charge in [-0.2, -0.15) is 11.8 Å². The number of hydrogen-bond donors (Lipinski definition) is 1. The van der Waals surface area contributed by atoms with Gasteiger partial charge in [0.2, 0.25) is 0 Å². The first kappa shape index (κ1) is 13.4. The number of nitrogens with zero attached hydrogens (tertiary/aromatic N) is 1. The fourth-order valence-corrected chi connectivity index (χ4v) is 3.11. The van der Waals surface area contributed by atoms with Gasteiger partial charge in [-0.15, -0.1) is 0 Å². The zero-order valence-electron chi connectivity index (χ0n) is 10.3. The molecule has 0 saturated carbocycles. The number of nitrogens with two attached hydrogens (primary N) is 1. The highest BCUT2D eigenvalue weighted by Crippen LogP contribution is 2.19. The molecule has 18 heavy (non-hydrogen) atoms. The lowest BCUT2D eigenvalue weighted by molar-refractivity contribution is 0.0763. The molecule has 1 aliphatic heterocycles. The van der Waals surface area contributed by atoms with E-state index in [1.165, 1.54) is 0 Å². The van der Waals surface area contributed by atoms with Gasteiger partial charge >= 0.3 is 0 Å². The molecule has 1 aromatic carbocycles. The van der Waals surface area contributed by atoms with Crippen LogP contribution in [0.3, 0.4) is 0 Å². The van der Waals surface area contributed by atoms with Gasteiger partial charge in [0.25, 0.3) is 5.91 Å². The molecule has 2 rings (SSSR count). The van der Waals surface area contributed by atoms with Crippen molar-refractivity contribution in [2.24, 2.45) is 5.73 Å². The molecule has 5 heteroatoms. The molecule has 1 amide bonds. The maximum Gasteiger partial charge on any atom is 0.253 e. The van der Waals surface area contributed by atoms with Crippen molar-refractivity contribution in [2.45, 2.75) is 12.2 Å². The van der Waals surface area contributed by atoms with Gasteiger partial charge in [0.15, 0.2) is 0 Å². The van der Waals surface area contributed by atoms with Gasteiger partial charge < -0.3 is 10.6 Å². The SMILES string of the molecule is CC1CN(C(=O)c2ccc(C(N)=S)cc2)CCS1. The Morgan fingerprint density at radius 2 is 2.00 bits per heavy atom. The Kier molecular flexibility index (Phi) is 4.24. The second-order valence-corrected chi connectivity index (χ2v) is 6.36. The van der Waals surface area contributed by atoms with E-state index in [2.05, 4.69) is 6.92 Å². The van der Waals surface area contributed by atoms with E-state index < -0.39 is 0 Å². The van der Waals surface area contributed by atoms with Gasteiger partial charge in [-0.1, -0.05) is 31.3 Å². The van der Waals surface area contributed by atoms with Crippen LogP contribution in [0.25, 0.3) is 0 Å². The predicted octanol–water partition coefficient (Wildman–Crippen LogP) is 1.90. The summed E-state index contributed by atoms with van der Waals surface area (Å²) in [7, 11) is 0. The molecule has 1 unspecified atom stereocenters. The van der Waals surface area contributed by atoms with E-state index in [1.807, 2.05) is 16.7 Å². The zero-order chi connectivity index (χ0) is 13.1. The van der Waals surface area contributed by atoms with Crippen LogP contribution in [0.4, 0.5) is 0 Å². The number of carbonyl (C=O) groups is 1. The molecule has 1 fully saturated rings. The maximum atomic E-state index is 12.3. The second-order valence-electron chi connectivity index (χ2n) is 4.37. The normalized spacial score (nSPS) is 19.6. The number of carbonyl (C=O) groups excluding carboxylic acids is 1. The highest BCUT2D eigenvalue weighted by atomic mass is 32.2. The number of rotatable bonds is 2. The summed E-state index contributed by atoms with van der Waals surface area (Å²) in [5, 5.41) is 0.513. The van der Waals surface area contributed by atoms with Crippen molar-refractivity contribution < 1.29 is 4.79 Å². The molecule has 0 bridgehead atoms. The van der Waals surface area contributed by atoms with Gasteiger partial charge in [-0.05, 0) is 12.1 Å². The van der Waals surface area contributed by atoms with Crippen LogP contribution in [0, 0.1) is 0 Å². The van der Waals surface area contributed by atoms with Gasteiger partial charge in [0.1, 0.15) is 4.99 Å². The minimum atomic E-state index is 0.0941. The minimum Gasteiger partial charge on any atom is -0.389 e. The van der Waals surface area contributed by atoms with Crippen LogP contribution >= 0.6 is 24.0 Å². The summed E-state index contributed by atoms with van der Waals surface area (Å²) in [6.45, 7) is 3.80. The molecule has 0 spiro atoms. The second kappa shape index (κ2) is 5.71. The van der Waals surface area contributed by atoms with E-state index in [-0.39, 0.29) is 5.91 Å². The third-order valence-corrected chi connectivity index (χ3v) is 4.32. The first-order valence-electron chi connectivity index (χ1n) is 5.88. The Balaban J connectivity index is 2.10. The first-order chi connectivity index (χ1) is 8.58. The highest BCUT2D eigenvalue weighted by molar-refractivity contribution is 7.99. The molecule has 3 nitrogen and oxygen atoms in total. The van der Waals surface area contributed by atoms with Crippen LogP contribution in [0.5, 0.6) is 0 Å². The van der Waals surface area contributed by atoms with E-state index in [0.717, 1.165) is 24.4 Å². The summed E-state index contributed by atoms with van der Waals surface area (Å²) < 4.78 is 0. The summed E-state index contributed by atoms with van der Waals surface area (Å²) in [4.78, 5) is 14.6. The molecule has 1 aromatic rings. The fourth-order valence-electron chi connectivity index (χ4n) is 1.96. The molecule has 1 atom stereocenters. The molecule has 1 saturated heterocycles. The van der Waals surface area contributed by atoms with Crippen molar-refractivity contribution >= 4 is 34.9 Å². The molecule has 1 heterocycles. The van der Waals surface area contributed by atoms with Crippen molar-refractivity contribution in [2.75, 3.05) is 18.8 Å². The Labute approximate surface area is 117 Å². The van der Waals surface area contributed by atoms with Gasteiger partial charge in [-0.25, -0.2) is 0 Å². The Morgan fingerprint density at radius 1 is 1.39 bits per heavy atom. The summed E-state index contributed by atoms with van der Waals surface area (Å²) in [5.41, 5.74) is 7.03. The van der Waals surface area contributed by atoms with Gasteiger partial charge in [0, 0.05) is 35.2 Å². The summed E-state index contributed by atoms with van der Waals surface area (Å²) in [6.07, 6.45) is 0. The third-order valence-electron chi connectivity index (χ3n) is 2.94. The average Bonchev–Trinajstić information content (AvgIpc) is 2.38. The van der Waals surface area contributed by atoms with Crippen molar-refractivity contribution in [3.05, 3.63) is 35.4 Å². The Hall–Kier alpha value is -1.07. The van der Waals surface area contributed by atoms with Crippen LogP contribution in [-0.4, -0.2) is 39.9 Å². The predicted molar refractivity (Wildman–Crippen MR) is 80.2 cm³/mol. The molecule has 96 valence electrons. The van der Waals surface area contributed by atoms with Crippen LogP contribution in [0.2, 0.25) is 0 Å². The maximum absolute atomic E-state index is 12.3. The average molecular weight is 280 g/mol. The number of amides is 1. The first-order valence-corrected chi connectivity index (χ1v) is 7.34. The van der Waals surface area contributed by atoms with Crippen LogP contribution in [0.15, 0.2) is 24.3 Å². The Morgan fingerprint density at radius 3 is 2.56 bits per heavy atom. The largest absolute Gasteiger partial charge is 0.389 e. The van der Waals surface area contributed by atoms with Gasteiger partial charge in [0.05, 0.1) is 0 Å². The lowest BCUT2D eigenvalue weighted by atomic mass is 10.1. The van der Waals surface area contributed by atoms with Crippen LogP contribution in [-0.2, 0) is 0 Å². The summed E-state index contributed by atoms with van der Waals surface area (Å²) in [6, 6.07) is 7.20. The van der Waals surface area contributed by atoms with Crippen molar-refractivity contribution in [1.29, 1.82) is 0 Å². The number of benzene rings is 1. The topological polar surface area (TPSA) is 46.3 Å². The van der Waals surface area contributed by atoms with Crippen LogP contribution in [0.1, 0.15) is 22.8 Å². The Bertz CT molecular complexity index is 459. The van der Waals surface area contributed by atoms with Crippen molar-refractivity contribution in [3.63, 3.8) is 0 Å². The lowest BCUT2D eigenvalue weighted by Gasteiger charge is -2.30. The van der Waals surface area contributed by atoms with E-state index >= 15 is 0 Å². The van der Waals surface area contributed by atoms with Gasteiger partial charge in [-0.3, -0.25) is 4.79 Å². The standard InChI is InChI=1S/C13H16N2OS2/c1-9-8-15(6-7-18-9)13(16)11-4-2-10(3-5-11)12(14)17/h2-5,9H,6-8H2,1H3,(H2,14,17). The van der Waals surface area contributed by atoms with E-state index in [4.69, 9.17) is 18.0 Å². The molecule has 0 radical (unpaired) electrons. The lowest BCUT2D eigenvalue weighted by Crippen LogP contribution is -2.41.